The highest BCUT2D eigenvalue weighted by atomic mass is 35.5. The number of benzene rings is 1. The highest BCUT2D eigenvalue weighted by molar-refractivity contribution is 6.34. The van der Waals surface area contributed by atoms with Crippen LogP contribution in [0.2, 0.25) is 5.02 Å². The van der Waals surface area contributed by atoms with Gasteiger partial charge in [0.15, 0.2) is 0 Å². The summed E-state index contributed by atoms with van der Waals surface area (Å²) in [7, 11) is 4.14. The largest absolute Gasteiger partial charge is 0.336 e. The normalized spacial score (nSPS) is 17.9. The van der Waals surface area contributed by atoms with Crippen LogP contribution in [0.1, 0.15) is 36.0 Å². The Morgan fingerprint density at radius 3 is 2.88 bits per heavy atom. The van der Waals surface area contributed by atoms with Crippen LogP contribution < -0.4 is 0 Å². The smallest absolute Gasteiger partial charge is 0.255 e. The molecule has 134 valence electrons. The van der Waals surface area contributed by atoms with E-state index in [0.29, 0.717) is 16.6 Å². The highest BCUT2D eigenvalue weighted by Crippen LogP contribution is 2.26. The molecule has 0 spiro atoms. The molecule has 1 aliphatic heterocycles. The van der Waals surface area contributed by atoms with Crippen LogP contribution in [0.5, 0.6) is 0 Å². The topological polar surface area (TPSA) is 41.4 Å². The molecule has 1 aliphatic rings. The fourth-order valence-corrected chi connectivity index (χ4v) is 3.63. The van der Waals surface area contributed by atoms with Gasteiger partial charge in [0.1, 0.15) is 0 Å². The van der Waals surface area contributed by atoms with E-state index in [0.717, 1.165) is 38.0 Å². The van der Waals surface area contributed by atoms with Crippen molar-refractivity contribution < 1.29 is 4.79 Å². The van der Waals surface area contributed by atoms with Crippen molar-refractivity contribution in [3.63, 3.8) is 0 Å². The van der Waals surface area contributed by atoms with Gasteiger partial charge in [-0.2, -0.15) is 5.10 Å². The summed E-state index contributed by atoms with van der Waals surface area (Å²) in [5.74, 6) is 0.0421. The molecule has 2 aromatic rings. The van der Waals surface area contributed by atoms with E-state index in [2.05, 4.69) is 24.1 Å². The maximum atomic E-state index is 13.1. The van der Waals surface area contributed by atoms with Gasteiger partial charge in [-0.25, -0.2) is 4.68 Å². The molecule has 0 unspecified atom stereocenters. The van der Waals surface area contributed by atoms with E-state index in [4.69, 9.17) is 11.6 Å². The van der Waals surface area contributed by atoms with Crippen molar-refractivity contribution in [3.05, 3.63) is 47.2 Å². The molecule has 1 amide bonds. The van der Waals surface area contributed by atoms with Gasteiger partial charge in [-0.1, -0.05) is 11.6 Å². The summed E-state index contributed by atoms with van der Waals surface area (Å²) < 4.78 is 1.74. The van der Waals surface area contributed by atoms with E-state index in [1.54, 1.807) is 16.9 Å². The fourth-order valence-electron chi connectivity index (χ4n) is 3.37. The first kappa shape index (κ1) is 18.0. The second-order valence-corrected chi connectivity index (χ2v) is 7.26. The van der Waals surface area contributed by atoms with Crippen LogP contribution in [0.15, 0.2) is 36.7 Å². The molecule has 2 heterocycles. The average molecular weight is 361 g/mol. The number of piperidine rings is 1. The minimum absolute atomic E-state index is 0.0421. The molecule has 1 saturated heterocycles. The number of carbonyl (C=O) groups is 1. The van der Waals surface area contributed by atoms with Crippen LogP contribution in [0.4, 0.5) is 0 Å². The molecule has 0 saturated carbocycles. The quantitative estimate of drug-likeness (QED) is 0.819. The standard InChI is InChI=1S/C19H25ClN4O/c1-22(2)13-9-15-6-3-4-11-23(15)19(25)17-8-7-16(14-18(17)20)24-12-5-10-21-24/h5,7-8,10,12,14-15H,3-4,6,9,11,13H2,1-2H3/t15-/m0/s1. The fraction of sp³-hybridized carbons (Fsp3) is 0.474. The van der Waals surface area contributed by atoms with Crippen LogP contribution in [-0.4, -0.2) is 58.7 Å². The molecule has 25 heavy (non-hydrogen) atoms. The average Bonchev–Trinajstić information content (AvgIpc) is 3.14. The summed E-state index contributed by atoms with van der Waals surface area (Å²) in [5, 5.41) is 4.68. The monoisotopic (exact) mass is 360 g/mol. The van der Waals surface area contributed by atoms with Crippen molar-refractivity contribution >= 4 is 17.5 Å². The zero-order chi connectivity index (χ0) is 17.8. The number of carbonyl (C=O) groups excluding carboxylic acids is 1. The van der Waals surface area contributed by atoms with Gasteiger partial charge in [-0.05, 0) is 70.6 Å². The summed E-state index contributed by atoms with van der Waals surface area (Å²) >= 11 is 6.44. The van der Waals surface area contributed by atoms with E-state index in [-0.39, 0.29) is 5.91 Å². The first-order chi connectivity index (χ1) is 12.1. The van der Waals surface area contributed by atoms with Gasteiger partial charge in [-0.3, -0.25) is 4.79 Å². The van der Waals surface area contributed by atoms with Gasteiger partial charge >= 0.3 is 0 Å². The molecule has 0 N–H and O–H groups in total. The SMILES string of the molecule is CN(C)CC[C@@H]1CCCCN1C(=O)c1ccc(-n2cccn2)cc1Cl. The lowest BCUT2D eigenvalue weighted by atomic mass is 9.98. The molecular formula is C19H25ClN4O. The van der Waals surface area contributed by atoms with E-state index in [9.17, 15) is 4.79 Å². The summed E-state index contributed by atoms with van der Waals surface area (Å²) in [6.07, 6.45) is 7.90. The maximum absolute atomic E-state index is 13.1. The Labute approximate surface area is 154 Å². The predicted octanol–water partition coefficient (Wildman–Crippen LogP) is 3.47. The van der Waals surface area contributed by atoms with E-state index < -0.39 is 0 Å². The van der Waals surface area contributed by atoms with E-state index in [1.807, 2.05) is 29.3 Å². The molecule has 0 aliphatic carbocycles. The predicted molar refractivity (Wildman–Crippen MR) is 100 cm³/mol. The number of amides is 1. The second-order valence-electron chi connectivity index (χ2n) is 6.85. The Hall–Kier alpha value is -1.85. The molecule has 1 aromatic heterocycles. The molecule has 1 aromatic carbocycles. The van der Waals surface area contributed by atoms with Crippen LogP contribution in [0, 0.1) is 0 Å². The second kappa shape index (κ2) is 8.02. The first-order valence-corrected chi connectivity index (χ1v) is 9.19. The Morgan fingerprint density at radius 1 is 1.36 bits per heavy atom. The number of halogens is 1. The summed E-state index contributed by atoms with van der Waals surface area (Å²) in [5.41, 5.74) is 1.43. The molecule has 3 rings (SSSR count). The Morgan fingerprint density at radius 2 is 2.20 bits per heavy atom. The maximum Gasteiger partial charge on any atom is 0.255 e. The zero-order valence-electron chi connectivity index (χ0n) is 14.9. The van der Waals surface area contributed by atoms with E-state index in [1.165, 1.54) is 6.42 Å². The number of likely N-dealkylation sites (tertiary alicyclic amines) is 1. The Balaban J connectivity index is 1.78. The summed E-state index contributed by atoms with van der Waals surface area (Å²) in [4.78, 5) is 17.3. The lowest BCUT2D eigenvalue weighted by Crippen LogP contribution is -2.45. The molecule has 1 fully saturated rings. The number of hydrogen-bond acceptors (Lipinski definition) is 3. The van der Waals surface area contributed by atoms with Gasteiger partial charge in [0.05, 0.1) is 16.3 Å². The number of nitrogens with zero attached hydrogens (tertiary/aromatic N) is 4. The van der Waals surface area contributed by atoms with Gasteiger partial charge in [0.2, 0.25) is 0 Å². The zero-order valence-corrected chi connectivity index (χ0v) is 15.6. The van der Waals surface area contributed by atoms with Crippen molar-refractivity contribution in [1.82, 2.24) is 19.6 Å². The first-order valence-electron chi connectivity index (χ1n) is 8.81. The molecule has 0 radical (unpaired) electrons. The molecule has 5 nitrogen and oxygen atoms in total. The van der Waals surface area contributed by atoms with Gasteiger partial charge < -0.3 is 9.80 Å². The summed E-state index contributed by atoms with van der Waals surface area (Å²) in [6, 6.07) is 7.67. The third kappa shape index (κ3) is 4.22. The highest BCUT2D eigenvalue weighted by Gasteiger charge is 2.28. The van der Waals surface area contributed by atoms with Crippen molar-refractivity contribution in [2.75, 3.05) is 27.2 Å². The lowest BCUT2D eigenvalue weighted by molar-refractivity contribution is 0.0591. The lowest BCUT2D eigenvalue weighted by Gasteiger charge is -2.36. The minimum atomic E-state index is 0.0421. The number of aromatic nitrogens is 2. The summed E-state index contributed by atoms with van der Waals surface area (Å²) in [6.45, 7) is 1.80. The molecular weight excluding hydrogens is 336 g/mol. The van der Waals surface area contributed by atoms with Crippen LogP contribution in [-0.2, 0) is 0 Å². The molecule has 6 heteroatoms. The van der Waals surface area contributed by atoms with Gasteiger partial charge in [0.25, 0.3) is 5.91 Å². The Bertz CT molecular complexity index is 714. The van der Waals surface area contributed by atoms with Gasteiger partial charge in [-0.15, -0.1) is 0 Å². The van der Waals surface area contributed by atoms with E-state index >= 15 is 0 Å². The Kier molecular flexibility index (Phi) is 5.76. The third-order valence-electron chi connectivity index (χ3n) is 4.75. The molecule has 0 bridgehead atoms. The molecule has 1 atom stereocenters. The number of hydrogen-bond donors (Lipinski definition) is 0. The van der Waals surface area contributed by atoms with Crippen LogP contribution in [0.25, 0.3) is 5.69 Å². The van der Waals surface area contributed by atoms with Crippen molar-refractivity contribution in [2.24, 2.45) is 0 Å². The van der Waals surface area contributed by atoms with Crippen molar-refractivity contribution in [3.8, 4) is 5.69 Å². The third-order valence-corrected chi connectivity index (χ3v) is 5.06. The van der Waals surface area contributed by atoms with Crippen molar-refractivity contribution in [1.29, 1.82) is 0 Å². The van der Waals surface area contributed by atoms with Crippen LogP contribution in [0.3, 0.4) is 0 Å². The number of rotatable bonds is 5. The van der Waals surface area contributed by atoms with Crippen LogP contribution >= 0.6 is 11.6 Å². The van der Waals surface area contributed by atoms with Gasteiger partial charge in [0, 0.05) is 25.0 Å². The van der Waals surface area contributed by atoms with Crippen molar-refractivity contribution in [2.45, 2.75) is 31.7 Å². The minimum Gasteiger partial charge on any atom is -0.336 e.